The average molecular weight is 264 g/mol. The molecule has 0 spiro atoms. The van der Waals surface area contributed by atoms with Crippen molar-refractivity contribution in [3.05, 3.63) is 64.4 Å². The minimum Gasteiger partial charge on any atom is -0.322 e. The molecule has 2 aromatic carbocycles. The molecule has 1 amide bonds. The predicted molar refractivity (Wildman–Crippen MR) is 70.5 cm³/mol. The number of aryl methyl sites for hydroxylation is 1. The van der Waals surface area contributed by atoms with E-state index < -0.39 is 11.7 Å². The van der Waals surface area contributed by atoms with Crippen LogP contribution in [0.4, 0.5) is 10.1 Å². The monoisotopic (exact) mass is 263 g/mol. The standard InChI is InChI=1S/C14H11ClFNO/c1-9-2-5-11(6-3-9)17-14(18)12-7-4-10(15)8-13(12)16/h2-8H,1H3,(H,17,18). The molecule has 1 N–H and O–H groups in total. The summed E-state index contributed by atoms with van der Waals surface area (Å²) in [6.07, 6.45) is 0. The molecule has 0 atom stereocenters. The van der Waals surface area contributed by atoms with E-state index >= 15 is 0 Å². The lowest BCUT2D eigenvalue weighted by molar-refractivity contribution is 0.102. The Hall–Kier alpha value is -1.87. The van der Waals surface area contributed by atoms with Crippen molar-refractivity contribution in [3.8, 4) is 0 Å². The molecular weight excluding hydrogens is 253 g/mol. The van der Waals surface area contributed by atoms with Crippen LogP contribution in [0.3, 0.4) is 0 Å². The minimum absolute atomic E-state index is 0.0278. The Morgan fingerprint density at radius 3 is 2.44 bits per heavy atom. The number of anilines is 1. The molecule has 0 saturated heterocycles. The molecular formula is C14H11ClFNO. The summed E-state index contributed by atoms with van der Waals surface area (Å²) >= 11 is 5.63. The van der Waals surface area contributed by atoms with E-state index in [1.165, 1.54) is 12.1 Å². The van der Waals surface area contributed by atoms with Crippen LogP contribution in [0.1, 0.15) is 15.9 Å². The maximum atomic E-state index is 13.5. The molecule has 0 aliphatic rings. The zero-order valence-electron chi connectivity index (χ0n) is 9.71. The summed E-state index contributed by atoms with van der Waals surface area (Å²) in [5.74, 6) is -1.12. The van der Waals surface area contributed by atoms with Gasteiger partial charge in [-0.1, -0.05) is 29.3 Å². The highest BCUT2D eigenvalue weighted by atomic mass is 35.5. The number of rotatable bonds is 2. The Morgan fingerprint density at radius 1 is 1.17 bits per heavy atom. The van der Waals surface area contributed by atoms with Gasteiger partial charge >= 0.3 is 0 Å². The third-order valence-corrected chi connectivity index (χ3v) is 2.72. The fourth-order valence-electron chi connectivity index (χ4n) is 1.51. The first kappa shape index (κ1) is 12.6. The maximum Gasteiger partial charge on any atom is 0.258 e. The van der Waals surface area contributed by atoms with E-state index in [-0.39, 0.29) is 10.6 Å². The second-order valence-corrected chi connectivity index (χ2v) is 4.38. The largest absolute Gasteiger partial charge is 0.322 e. The molecule has 0 fully saturated rings. The van der Waals surface area contributed by atoms with Crippen LogP contribution < -0.4 is 5.32 Å². The van der Waals surface area contributed by atoms with Crippen molar-refractivity contribution >= 4 is 23.2 Å². The van der Waals surface area contributed by atoms with Crippen LogP contribution in [0.2, 0.25) is 5.02 Å². The van der Waals surface area contributed by atoms with E-state index in [0.29, 0.717) is 5.69 Å². The van der Waals surface area contributed by atoms with E-state index in [9.17, 15) is 9.18 Å². The lowest BCUT2D eigenvalue weighted by atomic mass is 10.2. The fourth-order valence-corrected chi connectivity index (χ4v) is 1.67. The summed E-state index contributed by atoms with van der Waals surface area (Å²) in [6.45, 7) is 1.95. The number of hydrogen-bond donors (Lipinski definition) is 1. The van der Waals surface area contributed by atoms with Crippen molar-refractivity contribution in [1.29, 1.82) is 0 Å². The molecule has 0 aliphatic carbocycles. The third kappa shape index (κ3) is 2.87. The lowest BCUT2D eigenvalue weighted by Gasteiger charge is -2.06. The van der Waals surface area contributed by atoms with Crippen LogP contribution in [0.5, 0.6) is 0 Å². The van der Waals surface area contributed by atoms with Gasteiger partial charge in [0.25, 0.3) is 5.91 Å². The summed E-state index contributed by atoms with van der Waals surface area (Å²) < 4.78 is 13.5. The fraction of sp³-hybridized carbons (Fsp3) is 0.0714. The molecule has 4 heteroatoms. The first-order valence-corrected chi connectivity index (χ1v) is 5.77. The quantitative estimate of drug-likeness (QED) is 0.870. The van der Waals surface area contributed by atoms with E-state index in [2.05, 4.69) is 5.32 Å². The Labute approximate surface area is 109 Å². The second kappa shape index (κ2) is 5.19. The molecule has 0 aromatic heterocycles. The van der Waals surface area contributed by atoms with Crippen molar-refractivity contribution in [3.63, 3.8) is 0 Å². The topological polar surface area (TPSA) is 29.1 Å². The van der Waals surface area contributed by atoms with E-state index in [4.69, 9.17) is 11.6 Å². The van der Waals surface area contributed by atoms with Gasteiger partial charge in [0.05, 0.1) is 5.56 Å². The summed E-state index contributed by atoms with van der Waals surface area (Å²) in [6, 6.07) is 11.2. The van der Waals surface area contributed by atoms with Gasteiger partial charge in [-0.05, 0) is 37.3 Å². The van der Waals surface area contributed by atoms with E-state index in [0.717, 1.165) is 11.6 Å². The molecule has 0 heterocycles. The van der Waals surface area contributed by atoms with Gasteiger partial charge in [-0.2, -0.15) is 0 Å². The second-order valence-electron chi connectivity index (χ2n) is 3.94. The molecule has 0 saturated carbocycles. The summed E-state index contributed by atoms with van der Waals surface area (Å²) in [4.78, 5) is 11.8. The van der Waals surface area contributed by atoms with Crippen LogP contribution in [-0.2, 0) is 0 Å². The van der Waals surface area contributed by atoms with Crippen molar-refractivity contribution in [2.24, 2.45) is 0 Å². The molecule has 92 valence electrons. The highest BCUT2D eigenvalue weighted by Gasteiger charge is 2.11. The van der Waals surface area contributed by atoms with Gasteiger partial charge in [0.2, 0.25) is 0 Å². The number of carbonyl (C=O) groups is 1. The van der Waals surface area contributed by atoms with Gasteiger partial charge in [-0.25, -0.2) is 4.39 Å². The minimum atomic E-state index is -0.632. The predicted octanol–water partition coefficient (Wildman–Crippen LogP) is 4.04. The first-order valence-electron chi connectivity index (χ1n) is 5.39. The van der Waals surface area contributed by atoms with Crippen LogP contribution in [-0.4, -0.2) is 5.91 Å². The van der Waals surface area contributed by atoms with Crippen LogP contribution in [0, 0.1) is 12.7 Å². The Kier molecular flexibility index (Phi) is 3.63. The van der Waals surface area contributed by atoms with Crippen molar-refractivity contribution < 1.29 is 9.18 Å². The van der Waals surface area contributed by atoms with Crippen molar-refractivity contribution in [2.75, 3.05) is 5.32 Å². The Morgan fingerprint density at radius 2 is 1.83 bits per heavy atom. The first-order chi connectivity index (χ1) is 8.56. The van der Waals surface area contributed by atoms with Crippen molar-refractivity contribution in [1.82, 2.24) is 0 Å². The van der Waals surface area contributed by atoms with Crippen LogP contribution in [0.15, 0.2) is 42.5 Å². The number of carbonyl (C=O) groups excluding carboxylic acids is 1. The average Bonchev–Trinajstić information content (AvgIpc) is 2.32. The smallest absolute Gasteiger partial charge is 0.258 e. The number of nitrogens with one attached hydrogen (secondary N) is 1. The molecule has 0 radical (unpaired) electrons. The number of benzene rings is 2. The van der Waals surface area contributed by atoms with Gasteiger partial charge < -0.3 is 5.32 Å². The van der Waals surface area contributed by atoms with E-state index in [1.54, 1.807) is 12.1 Å². The molecule has 0 bridgehead atoms. The van der Waals surface area contributed by atoms with Gasteiger partial charge in [0.1, 0.15) is 5.82 Å². The number of halogens is 2. The normalized spacial score (nSPS) is 10.2. The molecule has 2 nitrogen and oxygen atoms in total. The Balaban J connectivity index is 2.19. The van der Waals surface area contributed by atoms with E-state index in [1.807, 2.05) is 19.1 Å². The molecule has 18 heavy (non-hydrogen) atoms. The van der Waals surface area contributed by atoms with Gasteiger partial charge in [0, 0.05) is 10.7 Å². The van der Waals surface area contributed by atoms with Crippen LogP contribution >= 0.6 is 11.6 Å². The van der Waals surface area contributed by atoms with Gasteiger partial charge in [-0.3, -0.25) is 4.79 Å². The maximum absolute atomic E-state index is 13.5. The van der Waals surface area contributed by atoms with Gasteiger partial charge in [-0.15, -0.1) is 0 Å². The Bertz CT molecular complexity index is 581. The van der Waals surface area contributed by atoms with Crippen molar-refractivity contribution in [2.45, 2.75) is 6.92 Å². The zero-order chi connectivity index (χ0) is 13.1. The zero-order valence-corrected chi connectivity index (χ0v) is 10.5. The van der Waals surface area contributed by atoms with Crippen LogP contribution in [0.25, 0.3) is 0 Å². The molecule has 2 aromatic rings. The highest BCUT2D eigenvalue weighted by Crippen LogP contribution is 2.16. The molecule has 0 aliphatic heterocycles. The molecule has 2 rings (SSSR count). The lowest BCUT2D eigenvalue weighted by Crippen LogP contribution is -2.13. The number of amides is 1. The third-order valence-electron chi connectivity index (χ3n) is 2.49. The summed E-state index contributed by atoms with van der Waals surface area (Å²) in [5.41, 5.74) is 1.69. The summed E-state index contributed by atoms with van der Waals surface area (Å²) in [5, 5.41) is 2.89. The highest BCUT2D eigenvalue weighted by molar-refractivity contribution is 6.30. The summed E-state index contributed by atoms with van der Waals surface area (Å²) in [7, 11) is 0. The number of hydrogen-bond acceptors (Lipinski definition) is 1. The molecule has 0 unspecified atom stereocenters. The SMILES string of the molecule is Cc1ccc(NC(=O)c2ccc(Cl)cc2F)cc1. The van der Waals surface area contributed by atoms with Gasteiger partial charge in [0.15, 0.2) is 0 Å².